The van der Waals surface area contributed by atoms with Gasteiger partial charge in [0.25, 0.3) is 20.2 Å². The van der Waals surface area contributed by atoms with E-state index in [1.807, 2.05) is 0 Å². The molecule has 0 saturated carbocycles. The third kappa shape index (κ3) is 8.20. The van der Waals surface area contributed by atoms with Crippen LogP contribution < -0.4 is 4.74 Å². The molecule has 156 valence electrons. The van der Waals surface area contributed by atoms with Crippen LogP contribution in [-0.4, -0.2) is 30.0 Å². The molecule has 0 aromatic heterocycles. The molecule has 29 heavy (non-hydrogen) atoms. The SMILES string of the molecule is CCOS(=O)(=O)/C=C/c1ccc(Oc2ccc(/C=C/S(=O)(=O)OCC)cc2)cc1. The van der Waals surface area contributed by atoms with Gasteiger partial charge in [-0.1, -0.05) is 24.3 Å². The summed E-state index contributed by atoms with van der Waals surface area (Å²) in [4.78, 5) is 0. The first-order valence-electron chi connectivity index (χ1n) is 8.76. The molecular weight excluding hydrogens is 416 g/mol. The Bertz CT molecular complexity index is 963. The van der Waals surface area contributed by atoms with Crippen LogP contribution in [0.5, 0.6) is 11.5 Å². The molecule has 0 aliphatic rings. The summed E-state index contributed by atoms with van der Waals surface area (Å²) in [6.45, 7) is 3.36. The topological polar surface area (TPSA) is 96.0 Å². The standard InChI is InChI=1S/C20H22O7S2/c1-3-25-28(21,22)15-13-17-5-9-19(10-6-17)27-20-11-7-18(8-12-20)14-16-29(23,24)26-4-2/h5-16H,3-4H2,1-2H3/b15-13+,16-14+. The highest BCUT2D eigenvalue weighted by molar-refractivity contribution is 7.90. The lowest BCUT2D eigenvalue weighted by Gasteiger charge is -2.06. The molecule has 0 saturated heterocycles. The lowest BCUT2D eigenvalue weighted by Crippen LogP contribution is -2.00. The molecule has 0 atom stereocenters. The van der Waals surface area contributed by atoms with Gasteiger partial charge in [0.15, 0.2) is 0 Å². The van der Waals surface area contributed by atoms with Gasteiger partial charge in [-0.2, -0.15) is 16.8 Å². The highest BCUT2D eigenvalue weighted by Gasteiger charge is 2.05. The lowest BCUT2D eigenvalue weighted by atomic mass is 10.2. The van der Waals surface area contributed by atoms with Crippen molar-refractivity contribution in [3.63, 3.8) is 0 Å². The lowest BCUT2D eigenvalue weighted by molar-refractivity contribution is 0.344. The van der Waals surface area contributed by atoms with Crippen LogP contribution in [0.2, 0.25) is 0 Å². The minimum Gasteiger partial charge on any atom is -0.457 e. The van der Waals surface area contributed by atoms with Crippen LogP contribution in [0.1, 0.15) is 25.0 Å². The van der Waals surface area contributed by atoms with Gasteiger partial charge in [0.1, 0.15) is 11.5 Å². The summed E-state index contributed by atoms with van der Waals surface area (Å²) in [5, 5.41) is 2.01. The Morgan fingerprint density at radius 2 is 1.00 bits per heavy atom. The van der Waals surface area contributed by atoms with Crippen LogP contribution in [0.15, 0.2) is 59.3 Å². The fourth-order valence-corrected chi connectivity index (χ4v) is 3.62. The Kier molecular flexibility index (Phi) is 8.15. The Balaban J connectivity index is 2.00. The zero-order valence-electron chi connectivity index (χ0n) is 16.0. The highest BCUT2D eigenvalue weighted by atomic mass is 32.2. The molecule has 2 rings (SSSR count). The normalized spacial score (nSPS) is 12.6. The molecule has 0 unspecified atom stereocenters. The van der Waals surface area contributed by atoms with Crippen molar-refractivity contribution in [3.8, 4) is 11.5 Å². The first-order valence-corrected chi connectivity index (χ1v) is 11.7. The molecule has 0 bridgehead atoms. The van der Waals surface area contributed by atoms with E-state index in [1.165, 1.54) is 12.2 Å². The van der Waals surface area contributed by atoms with E-state index in [0.717, 1.165) is 10.8 Å². The van der Waals surface area contributed by atoms with Gasteiger partial charge in [-0.3, -0.25) is 8.37 Å². The Labute approximate surface area is 171 Å². The van der Waals surface area contributed by atoms with Crippen molar-refractivity contribution >= 4 is 32.4 Å². The fourth-order valence-electron chi connectivity index (χ4n) is 2.16. The van der Waals surface area contributed by atoms with Crippen LogP contribution in [0.25, 0.3) is 12.2 Å². The first-order chi connectivity index (χ1) is 13.7. The molecule has 2 aromatic rings. The van der Waals surface area contributed by atoms with Crippen molar-refractivity contribution in [2.24, 2.45) is 0 Å². The van der Waals surface area contributed by atoms with Crippen LogP contribution in [0.3, 0.4) is 0 Å². The van der Waals surface area contributed by atoms with E-state index in [2.05, 4.69) is 8.37 Å². The van der Waals surface area contributed by atoms with Gasteiger partial charge in [-0.25, -0.2) is 0 Å². The second kappa shape index (κ2) is 10.4. The number of ether oxygens (including phenoxy) is 1. The van der Waals surface area contributed by atoms with Crippen molar-refractivity contribution in [1.82, 2.24) is 0 Å². The number of rotatable bonds is 10. The summed E-state index contributed by atoms with van der Waals surface area (Å²) in [7, 11) is -7.35. The van der Waals surface area contributed by atoms with Crippen molar-refractivity contribution < 1.29 is 29.9 Å². The van der Waals surface area contributed by atoms with Crippen molar-refractivity contribution in [2.75, 3.05) is 13.2 Å². The zero-order chi connectivity index (χ0) is 21.3. The molecule has 0 fully saturated rings. The third-order valence-electron chi connectivity index (χ3n) is 3.41. The second-order valence-corrected chi connectivity index (χ2v) is 8.63. The van der Waals surface area contributed by atoms with Crippen molar-refractivity contribution in [2.45, 2.75) is 13.8 Å². The van der Waals surface area contributed by atoms with Crippen molar-refractivity contribution in [1.29, 1.82) is 0 Å². The minimum atomic E-state index is -3.67. The number of hydrogen-bond acceptors (Lipinski definition) is 7. The molecule has 0 spiro atoms. The largest absolute Gasteiger partial charge is 0.457 e. The van der Waals surface area contributed by atoms with Crippen molar-refractivity contribution in [3.05, 3.63) is 70.5 Å². The van der Waals surface area contributed by atoms with E-state index in [-0.39, 0.29) is 13.2 Å². The molecule has 0 N–H and O–H groups in total. The monoisotopic (exact) mass is 438 g/mol. The van der Waals surface area contributed by atoms with Crippen LogP contribution in [0, 0.1) is 0 Å². The zero-order valence-corrected chi connectivity index (χ0v) is 17.6. The number of hydrogen-bond donors (Lipinski definition) is 0. The predicted molar refractivity (Wildman–Crippen MR) is 112 cm³/mol. The molecule has 9 heteroatoms. The average Bonchev–Trinajstić information content (AvgIpc) is 2.67. The van der Waals surface area contributed by atoms with Crippen LogP contribution in [0.4, 0.5) is 0 Å². The van der Waals surface area contributed by atoms with Crippen LogP contribution >= 0.6 is 0 Å². The Morgan fingerprint density at radius 3 is 1.31 bits per heavy atom. The van der Waals surface area contributed by atoms with Gasteiger partial charge in [-0.15, -0.1) is 0 Å². The maximum absolute atomic E-state index is 11.5. The van der Waals surface area contributed by atoms with E-state index < -0.39 is 20.2 Å². The molecule has 0 amide bonds. The molecule has 7 nitrogen and oxygen atoms in total. The average molecular weight is 439 g/mol. The smallest absolute Gasteiger partial charge is 0.290 e. The van der Waals surface area contributed by atoms with Gasteiger partial charge in [0, 0.05) is 0 Å². The van der Waals surface area contributed by atoms with E-state index in [0.29, 0.717) is 22.6 Å². The summed E-state index contributed by atoms with van der Waals surface area (Å²) >= 11 is 0. The van der Waals surface area contributed by atoms with Gasteiger partial charge in [0.2, 0.25) is 0 Å². The summed E-state index contributed by atoms with van der Waals surface area (Å²) in [5.41, 5.74) is 1.35. The number of benzene rings is 2. The summed E-state index contributed by atoms with van der Waals surface area (Å²) in [6, 6.07) is 13.7. The van der Waals surface area contributed by atoms with Crippen LogP contribution in [-0.2, 0) is 28.6 Å². The molecule has 0 radical (unpaired) electrons. The molecule has 0 aliphatic carbocycles. The van der Waals surface area contributed by atoms with E-state index >= 15 is 0 Å². The van der Waals surface area contributed by atoms with Gasteiger partial charge in [0.05, 0.1) is 24.0 Å². The fraction of sp³-hybridized carbons (Fsp3) is 0.200. The summed E-state index contributed by atoms with van der Waals surface area (Å²) < 4.78 is 61.0. The van der Waals surface area contributed by atoms with Gasteiger partial charge >= 0.3 is 0 Å². The predicted octanol–water partition coefficient (Wildman–Crippen LogP) is 4.15. The minimum absolute atomic E-state index is 0.0797. The Morgan fingerprint density at radius 1 is 0.655 bits per heavy atom. The third-order valence-corrected chi connectivity index (χ3v) is 5.48. The van der Waals surface area contributed by atoms with Gasteiger partial charge in [-0.05, 0) is 61.4 Å². The molecule has 0 aliphatic heterocycles. The molecular formula is C20H22O7S2. The molecule has 0 heterocycles. The molecule has 2 aromatic carbocycles. The van der Waals surface area contributed by atoms with Gasteiger partial charge < -0.3 is 4.74 Å². The maximum Gasteiger partial charge on any atom is 0.290 e. The first kappa shape index (κ1) is 22.8. The highest BCUT2D eigenvalue weighted by Crippen LogP contribution is 2.23. The Hall–Kier alpha value is -2.46. The quantitative estimate of drug-likeness (QED) is 0.514. The maximum atomic E-state index is 11.5. The second-order valence-electron chi connectivity index (χ2n) is 5.64. The summed E-state index contributed by atoms with van der Waals surface area (Å²) in [5.74, 6) is 1.13. The van der Waals surface area contributed by atoms with E-state index in [1.54, 1.807) is 62.4 Å². The van der Waals surface area contributed by atoms with E-state index in [9.17, 15) is 16.8 Å². The summed E-state index contributed by atoms with van der Waals surface area (Å²) in [6.07, 6.45) is 2.87. The van der Waals surface area contributed by atoms with E-state index in [4.69, 9.17) is 4.74 Å².